The molecule has 59 heavy (non-hydrogen) atoms. The van der Waals surface area contributed by atoms with E-state index >= 15 is 18.0 Å². The van der Waals surface area contributed by atoms with Crippen molar-refractivity contribution in [3.05, 3.63) is 42.4 Å². The Labute approximate surface area is 342 Å². The Morgan fingerprint density at radius 1 is 1.17 bits per heavy atom. The van der Waals surface area contributed by atoms with E-state index < -0.39 is 104 Å². The van der Waals surface area contributed by atoms with Gasteiger partial charge in [-0.2, -0.15) is 8.78 Å². The van der Waals surface area contributed by atoms with Crippen LogP contribution in [-0.2, 0) is 24.4 Å². The molecule has 6 rings (SSSR count). The number of carbonyl (C=O) groups is 4. The number of nitrogens with one attached hydrogen (secondary N) is 2. The molecule has 3 heterocycles. The number of pyridine rings is 1. The van der Waals surface area contributed by atoms with Gasteiger partial charge in [-0.05, 0) is 109 Å². The highest BCUT2D eigenvalue weighted by molar-refractivity contribution is 7.91. The van der Waals surface area contributed by atoms with Crippen LogP contribution in [0.1, 0.15) is 93.4 Å². The standard InChI is InChI=1S/C41H54F3N5O9S/c1-8-25-18-24(5)12-10-11-13-27-21-40(27,36(52)47-59(55,56)38(6)15-16-38)46-33(50)32-41(43,44)39(7,22-48(32)35(51)31(25)49(23(3)4)37(53)54)58-34-28-20-29(42)30(57-9-2)19-26(28)14-17-45-34/h11,13-14,17,19-20,23-25,27,31-32H,8-10,12,15-16,18,21-22H2,1-7H3,(H,46,50)(H,47,52)(H,53,54)/b13-11-/t24-,25+,27+,31-,32-,39+,40+/m0/s1. The van der Waals surface area contributed by atoms with Crippen LogP contribution < -0.4 is 19.5 Å². The van der Waals surface area contributed by atoms with Gasteiger partial charge in [-0.15, -0.1) is 0 Å². The molecule has 3 N–H and O–H groups in total. The van der Waals surface area contributed by atoms with Crippen LogP contribution in [0.15, 0.2) is 36.5 Å². The van der Waals surface area contributed by atoms with Crippen LogP contribution in [-0.4, -0.2) is 105 Å². The lowest BCUT2D eigenvalue weighted by Gasteiger charge is -2.40. The summed E-state index contributed by atoms with van der Waals surface area (Å²) in [6.45, 7) is 10.1. The van der Waals surface area contributed by atoms with Crippen LogP contribution in [0.25, 0.3) is 10.8 Å². The van der Waals surface area contributed by atoms with E-state index in [-0.39, 0.29) is 36.5 Å². The second-order valence-corrected chi connectivity index (χ2v) is 19.5. The van der Waals surface area contributed by atoms with Crippen LogP contribution in [0.2, 0.25) is 0 Å². The van der Waals surface area contributed by atoms with Gasteiger partial charge in [0.2, 0.25) is 27.7 Å². The molecule has 1 aromatic carbocycles. The highest BCUT2D eigenvalue weighted by Crippen LogP contribution is 2.50. The largest absolute Gasteiger partial charge is 0.491 e. The van der Waals surface area contributed by atoms with Gasteiger partial charge in [0.1, 0.15) is 11.6 Å². The smallest absolute Gasteiger partial charge is 0.408 e. The first-order valence-electron chi connectivity index (χ1n) is 20.2. The number of fused-ring (bicyclic) bond motifs is 3. The summed E-state index contributed by atoms with van der Waals surface area (Å²) < 4.78 is 89.0. The second-order valence-electron chi connectivity index (χ2n) is 17.3. The fourth-order valence-corrected chi connectivity index (χ4v) is 9.86. The van der Waals surface area contributed by atoms with Gasteiger partial charge in [0, 0.05) is 23.5 Å². The summed E-state index contributed by atoms with van der Waals surface area (Å²) >= 11 is 0. The summed E-state index contributed by atoms with van der Waals surface area (Å²) in [7, 11) is -4.22. The Kier molecular flexibility index (Phi) is 11.8. The summed E-state index contributed by atoms with van der Waals surface area (Å²) in [4.78, 5) is 62.4. The van der Waals surface area contributed by atoms with Crippen LogP contribution in [0, 0.1) is 23.6 Å². The van der Waals surface area contributed by atoms with Crippen molar-refractivity contribution in [3.63, 3.8) is 0 Å². The van der Waals surface area contributed by atoms with E-state index in [0.717, 1.165) is 17.9 Å². The minimum absolute atomic E-state index is 0.00529. The number of halogens is 3. The zero-order valence-electron chi connectivity index (χ0n) is 34.4. The molecule has 0 spiro atoms. The molecule has 2 aromatic rings. The first-order chi connectivity index (χ1) is 27.6. The normalized spacial score (nSPS) is 30.9. The summed E-state index contributed by atoms with van der Waals surface area (Å²) in [6.07, 6.45) is 5.46. The van der Waals surface area contributed by atoms with Crippen molar-refractivity contribution in [2.24, 2.45) is 17.8 Å². The average molecular weight is 850 g/mol. The molecule has 14 nitrogen and oxygen atoms in total. The molecule has 7 atom stereocenters. The van der Waals surface area contributed by atoms with Crippen molar-refractivity contribution in [2.45, 2.75) is 133 Å². The molecule has 2 saturated carbocycles. The summed E-state index contributed by atoms with van der Waals surface area (Å²) in [5.74, 6) is -10.8. The van der Waals surface area contributed by atoms with E-state index in [9.17, 15) is 27.9 Å². The van der Waals surface area contributed by atoms with Crippen molar-refractivity contribution in [1.82, 2.24) is 24.8 Å². The van der Waals surface area contributed by atoms with E-state index in [0.29, 0.717) is 42.4 Å². The number of alkyl halides is 2. The lowest BCUT2D eigenvalue weighted by Crippen LogP contribution is -2.63. The van der Waals surface area contributed by atoms with Gasteiger partial charge in [-0.25, -0.2) is 22.6 Å². The fourth-order valence-electron chi connectivity index (χ4n) is 8.55. The van der Waals surface area contributed by atoms with Gasteiger partial charge in [-0.3, -0.25) is 24.0 Å². The first-order valence-corrected chi connectivity index (χ1v) is 21.7. The minimum atomic E-state index is -4.29. The number of hydrogen-bond donors (Lipinski definition) is 3. The van der Waals surface area contributed by atoms with Crippen LogP contribution in [0.3, 0.4) is 0 Å². The van der Waals surface area contributed by atoms with Gasteiger partial charge >= 0.3 is 12.0 Å². The van der Waals surface area contributed by atoms with Gasteiger partial charge in [0.25, 0.3) is 5.91 Å². The lowest BCUT2D eigenvalue weighted by molar-refractivity contribution is -0.163. The summed E-state index contributed by atoms with van der Waals surface area (Å²) in [6, 6.07) is -1.12. The number of rotatable bonds is 10. The molecule has 324 valence electrons. The number of aromatic nitrogens is 1. The third kappa shape index (κ3) is 7.92. The van der Waals surface area contributed by atoms with Crippen LogP contribution >= 0.6 is 0 Å². The fraction of sp³-hybridized carbons (Fsp3) is 0.634. The molecule has 0 radical (unpaired) electrons. The molecule has 1 saturated heterocycles. The van der Waals surface area contributed by atoms with E-state index in [1.807, 2.05) is 6.92 Å². The Bertz CT molecular complexity index is 2150. The average Bonchev–Trinajstić information content (AvgIpc) is 4.05. The Hall–Kier alpha value is -4.61. The Morgan fingerprint density at radius 3 is 2.47 bits per heavy atom. The third-order valence-corrected chi connectivity index (χ3v) is 14.7. The van der Waals surface area contributed by atoms with Gasteiger partial charge in [0.15, 0.2) is 23.2 Å². The van der Waals surface area contributed by atoms with Crippen molar-refractivity contribution >= 4 is 44.6 Å². The molecule has 2 aliphatic heterocycles. The maximum absolute atomic E-state index is 17.6. The predicted molar refractivity (Wildman–Crippen MR) is 211 cm³/mol. The molecule has 4 aliphatic rings. The van der Waals surface area contributed by atoms with Crippen LogP contribution in [0.4, 0.5) is 18.0 Å². The quantitative estimate of drug-likeness (QED) is 0.248. The maximum atomic E-state index is 17.6. The molecule has 3 fully saturated rings. The number of nitrogens with zero attached hydrogens (tertiary/aromatic N) is 3. The summed E-state index contributed by atoms with van der Waals surface area (Å²) in [5, 5.41) is 13.3. The topological polar surface area (TPSA) is 185 Å². The van der Waals surface area contributed by atoms with Gasteiger partial charge in [0.05, 0.1) is 17.9 Å². The molecule has 1 aromatic heterocycles. The number of hydrogen-bond acceptors (Lipinski definition) is 9. The monoisotopic (exact) mass is 849 g/mol. The Morgan fingerprint density at radius 2 is 1.86 bits per heavy atom. The van der Waals surface area contributed by atoms with Crippen molar-refractivity contribution < 1.29 is 55.3 Å². The van der Waals surface area contributed by atoms with E-state index in [2.05, 4.69) is 15.0 Å². The molecule has 0 unspecified atom stereocenters. The maximum Gasteiger partial charge on any atom is 0.408 e. The van der Waals surface area contributed by atoms with Gasteiger partial charge < -0.3 is 24.8 Å². The molecule has 0 bridgehead atoms. The van der Waals surface area contributed by atoms with E-state index in [1.165, 1.54) is 25.3 Å². The zero-order chi connectivity index (χ0) is 43.5. The zero-order valence-corrected chi connectivity index (χ0v) is 35.2. The molecule has 4 amide bonds. The number of carboxylic acid groups (broad SMARTS) is 1. The first kappa shape index (κ1) is 44.0. The second kappa shape index (κ2) is 15.8. The molecule has 18 heteroatoms. The van der Waals surface area contributed by atoms with Crippen LogP contribution in [0.5, 0.6) is 11.6 Å². The number of sulfonamides is 1. The number of amides is 4. The third-order valence-electron chi connectivity index (χ3n) is 12.6. The number of ether oxygens (including phenoxy) is 2. The predicted octanol–water partition coefficient (Wildman–Crippen LogP) is 5.79. The number of carbonyl (C=O) groups excluding carboxylic acids is 3. The molecular weight excluding hydrogens is 796 g/mol. The highest BCUT2D eigenvalue weighted by Gasteiger charge is 2.72. The number of benzene rings is 1. The lowest BCUT2D eigenvalue weighted by atomic mass is 9.83. The highest BCUT2D eigenvalue weighted by atomic mass is 32.2. The van der Waals surface area contributed by atoms with E-state index in [4.69, 9.17) is 9.47 Å². The molecular formula is C41H54F3N5O9S. The molecule has 2 aliphatic carbocycles. The number of allylic oxidation sites excluding steroid dienone is 1. The van der Waals surface area contributed by atoms with Gasteiger partial charge in [-0.1, -0.05) is 32.4 Å². The van der Waals surface area contributed by atoms with Crippen molar-refractivity contribution in [1.29, 1.82) is 0 Å². The van der Waals surface area contributed by atoms with Crippen molar-refractivity contribution in [3.8, 4) is 11.6 Å². The van der Waals surface area contributed by atoms with E-state index in [1.54, 1.807) is 39.8 Å². The van der Waals surface area contributed by atoms with Crippen molar-refractivity contribution in [2.75, 3.05) is 13.2 Å². The minimum Gasteiger partial charge on any atom is -0.491 e. The Balaban J connectivity index is 1.49. The summed E-state index contributed by atoms with van der Waals surface area (Å²) in [5.41, 5.74) is -4.72. The SMILES string of the molecule is CCOc1cc2ccnc(O[C@]3(C)CN4C(=O)[C@@H](N(C(=O)O)C(C)C)[C@H](CC)C[C@@H](C)CC/C=C\[C@@H]5C[C@@]5(C(=O)NS(=O)(=O)C5(C)CC5)NC(=O)[C@H]4C3(F)F)c2cc1F.